The molecule has 2 N–H and O–H groups in total. The van der Waals surface area contributed by atoms with Gasteiger partial charge in [-0.2, -0.15) is 0 Å². The molecule has 0 rings (SSSR count). The lowest BCUT2D eigenvalue weighted by molar-refractivity contribution is 0.142. The van der Waals surface area contributed by atoms with Crippen molar-refractivity contribution in [1.82, 2.24) is 0 Å². The second kappa shape index (κ2) is 10.0. The summed E-state index contributed by atoms with van der Waals surface area (Å²) in [4.78, 5) is 0. The van der Waals surface area contributed by atoms with Crippen LogP contribution in [-0.4, -0.2) is 19.3 Å². The van der Waals surface area contributed by atoms with E-state index in [1.807, 2.05) is 6.92 Å². The fourth-order valence-electron chi connectivity index (χ4n) is 1.45. The molecule has 0 radical (unpaired) electrons. The molecule has 0 aliphatic rings. The van der Waals surface area contributed by atoms with Gasteiger partial charge in [-0.25, -0.2) is 0 Å². The highest BCUT2D eigenvalue weighted by atomic mass is 16.5. The molecular formula is C11H25NO. The number of hydrogen-bond acceptors (Lipinski definition) is 2. The molecule has 2 heteroatoms. The van der Waals surface area contributed by atoms with E-state index in [1.165, 1.54) is 38.5 Å². The molecule has 0 saturated heterocycles. The van der Waals surface area contributed by atoms with Crippen LogP contribution in [0.1, 0.15) is 52.4 Å². The molecule has 1 atom stereocenters. The van der Waals surface area contributed by atoms with Gasteiger partial charge in [0.1, 0.15) is 0 Å². The van der Waals surface area contributed by atoms with Gasteiger partial charge in [0, 0.05) is 19.3 Å². The van der Waals surface area contributed by atoms with Gasteiger partial charge in [0.15, 0.2) is 0 Å². The van der Waals surface area contributed by atoms with Crippen molar-refractivity contribution in [2.24, 2.45) is 5.73 Å². The maximum atomic E-state index is 5.89. The summed E-state index contributed by atoms with van der Waals surface area (Å²) in [7, 11) is 0. The summed E-state index contributed by atoms with van der Waals surface area (Å²) in [6.07, 6.45) is 7.27. The van der Waals surface area contributed by atoms with Crippen LogP contribution in [0.4, 0.5) is 0 Å². The van der Waals surface area contributed by atoms with Crippen LogP contribution in [-0.2, 0) is 4.74 Å². The zero-order valence-corrected chi connectivity index (χ0v) is 9.22. The smallest absolute Gasteiger partial charge is 0.0465 e. The molecule has 13 heavy (non-hydrogen) atoms. The van der Waals surface area contributed by atoms with Crippen LogP contribution in [0.15, 0.2) is 0 Å². The normalized spacial score (nSPS) is 13.2. The fraction of sp³-hybridized carbons (Fsp3) is 1.00. The number of nitrogens with two attached hydrogens (primary N) is 1. The van der Waals surface area contributed by atoms with Gasteiger partial charge in [-0.1, -0.05) is 26.2 Å². The third kappa shape index (κ3) is 9.84. The highest BCUT2D eigenvalue weighted by molar-refractivity contribution is 4.59. The van der Waals surface area contributed by atoms with Crippen molar-refractivity contribution in [3.8, 4) is 0 Å². The quantitative estimate of drug-likeness (QED) is 0.563. The largest absolute Gasteiger partial charge is 0.382 e. The first-order valence-electron chi connectivity index (χ1n) is 5.64. The Hall–Kier alpha value is -0.0800. The average Bonchev–Trinajstić information content (AvgIpc) is 2.11. The molecule has 0 aromatic rings. The Kier molecular flexibility index (Phi) is 9.94. The van der Waals surface area contributed by atoms with Gasteiger partial charge in [0.05, 0.1) is 0 Å². The molecule has 0 amide bonds. The van der Waals surface area contributed by atoms with Gasteiger partial charge in [0.25, 0.3) is 0 Å². The summed E-state index contributed by atoms with van der Waals surface area (Å²) in [5.41, 5.74) is 5.89. The summed E-state index contributed by atoms with van der Waals surface area (Å²) < 4.78 is 5.26. The van der Waals surface area contributed by atoms with Crippen molar-refractivity contribution in [3.63, 3.8) is 0 Å². The number of unbranched alkanes of at least 4 members (excludes halogenated alkanes) is 2. The van der Waals surface area contributed by atoms with Gasteiger partial charge >= 0.3 is 0 Å². The van der Waals surface area contributed by atoms with Crippen LogP contribution in [0, 0.1) is 0 Å². The van der Waals surface area contributed by atoms with Crippen LogP contribution < -0.4 is 5.73 Å². The van der Waals surface area contributed by atoms with Gasteiger partial charge in [-0.15, -0.1) is 0 Å². The minimum Gasteiger partial charge on any atom is -0.382 e. The topological polar surface area (TPSA) is 35.2 Å². The lowest BCUT2D eigenvalue weighted by Crippen LogP contribution is -2.19. The molecule has 0 bridgehead atoms. The van der Waals surface area contributed by atoms with Crippen LogP contribution in [0.3, 0.4) is 0 Å². The minimum atomic E-state index is 0.428. The first kappa shape index (κ1) is 12.9. The van der Waals surface area contributed by atoms with Crippen LogP contribution >= 0.6 is 0 Å². The highest BCUT2D eigenvalue weighted by Crippen LogP contribution is 2.06. The first-order valence-corrected chi connectivity index (χ1v) is 5.64. The summed E-state index contributed by atoms with van der Waals surface area (Å²) in [5, 5.41) is 0. The molecule has 0 aliphatic heterocycles. The van der Waals surface area contributed by atoms with Gasteiger partial charge in [-0.05, 0) is 26.2 Å². The summed E-state index contributed by atoms with van der Waals surface area (Å²) in [5.74, 6) is 0. The van der Waals surface area contributed by atoms with Crippen molar-refractivity contribution in [2.75, 3.05) is 13.2 Å². The molecule has 0 spiro atoms. The van der Waals surface area contributed by atoms with E-state index in [-0.39, 0.29) is 0 Å². The van der Waals surface area contributed by atoms with Crippen molar-refractivity contribution in [2.45, 2.75) is 58.4 Å². The first-order chi connectivity index (χ1) is 6.31. The third-order valence-electron chi connectivity index (χ3n) is 2.23. The molecule has 2 nitrogen and oxygen atoms in total. The fourth-order valence-corrected chi connectivity index (χ4v) is 1.45. The molecule has 0 aromatic carbocycles. The van der Waals surface area contributed by atoms with Gasteiger partial charge < -0.3 is 10.5 Å². The minimum absolute atomic E-state index is 0.428. The van der Waals surface area contributed by atoms with Crippen LogP contribution in [0.5, 0.6) is 0 Å². The molecule has 1 unspecified atom stereocenters. The molecular weight excluding hydrogens is 162 g/mol. The maximum absolute atomic E-state index is 5.89. The summed E-state index contributed by atoms with van der Waals surface area (Å²) in [6, 6.07) is 0.428. The zero-order chi connectivity index (χ0) is 9.94. The number of hydrogen-bond donors (Lipinski definition) is 1. The van der Waals surface area contributed by atoms with E-state index in [2.05, 4.69) is 6.92 Å². The predicted molar refractivity (Wildman–Crippen MR) is 57.8 cm³/mol. The van der Waals surface area contributed by atoms with Crippen molar-refractivity contribution >= 4 is 0 Å². The molecule has 0 heterocycles. The molecule has 0 aromatic heterocycles. The Bertz CT molecular complexity index is 96.1. The van der Waals surface area contributed by atoms with Crippen molar-refractivity contribution in [3.05, 3.63) is 0 Å². The zero-order valence-electron chi connectivity index (χ0n) is 9.22. The molecule has 80 valence electrons. The van der Waals surface area contributed by atoms with E-state index >= 15 is 0 Å². The lowest BCUT2D eigenvalue weighted by atomic mass is 10.1. The SMILES string of the molecule is CCCC(N)CCCCCOCC. The van der Waals surface area contributed by atoms with E-state index in [1.54, 1.807) is 0 Å². The monoisotopic (exact) mass is 187 g/mol. The van der Waals surface area contributed by atoms with Gasteiger partial charge in [0.2, 0.25) is 0 Å². The highest BCUT2D eigenvalue weighted by Gasteiger charge is 1.99. The molecule has 0 saturated carbocycles. The molecule has 0 aliphatic carbocycles. The second-order valence-corrected chi connectivity index (χ2v) is 3.60. The van der Waals surface area contributed by atoms with E-state index in [4.69, 9.17) is 10.5 Å². The van der Waals surface area contributed by atoms with Crippen molar-refractivity contribution < 1.29 is 4.74 Å². The lowest BCUT2D eigenvalue weighted by Gasteiger charge is -2.09. The Morgan fingerprint density at radius 1 is 1.08 bits per heavy atom. The van der Waals surface area contributed by atoms with Crippen LogP contribution in [0.25, 0.3) is 0 Å². The van der Waals surface area contributed by atoms with E-state index in [0.29, 0.717) is 6.04 Å². The Labute approximate surface area is 82.8 Å². The standard InChI is InChI=1S/C11H25NO/c1-3-8-11(12)9-6-5-7-10-13-4-2/h11H,3-10,12H2,1-2H3. The predicted octanol–water partition coefficient (Wildman–Crippen LogP) is 2.71. The van der Waals surface area contributed by atoms with E-state index in [0.717, 1.165) is 13.2 Å². The van der Waals surface area contributed by atoms with E-state index < -0.39 is 0 Å². The number of rotatable bonds is 9. The second-order valence-electron chi connectivity index (χ2n) is 3.60. The Morgan fingerprint density at radius 2 is 1.85 bits per heavy atom. The van der Waals surface area contributed by atoms with Gasteiger partial charge in [-0.3, -0.25) is 0 Å². The number of ether oxygens (including phenoxy) is 1. The Morgan fingerprint density at radius 3 is 2.46 bits per heavy atom. The summed E-state index contributed by atoms with van der Waals surface area (Å²) in [6.45, 7) is 5.99. The maximum Gasteiger partial charge on any atom is 0.0465 e. The third-order valence-corrected chi connectivity index (χ3v) is 2.23. The summed E-state index contributed by atoms with van der Waals surface area (Å²) >= 11 is 0. The van der Waals surface area contributed by atoms with E-state index in [9.17, 15) is 0 Å². The van der Waals surface area contributed by atoms with Crippen molar-refractivity contribution in [1.29, 1.82) is 0 Å². The molecule has 0 fully saturated rings. The average molecular weight is 187 g/mol. The van der Waals surface area contributed by atoms with Crippen LogP contribution in [0.2, 0.25) is 0 Å². The Balaban J connectivity index is 2.97.